The summed E-state index contributed by atoms with van der Waals surface area (Å²) in [4.78, 5) is 38.4. The molecule has 11 nitrogen and oxygen atoms in total. The number of pyridine rings is 2. The molecule has 0 spiro atoms. The van der Waals surface area contributed by atoms with Gasteiger partial charge < -0.3 is 24.8 Å². The minimum absolute atomic E-state index is 0.0748. The summed E-state index contributed by atoms with van der Waals surface area (Å²) in [7, 11) is 0. The van der Waals surface area contributed by atoms with E-state index in [9.17, 15) is 14.7 Å². The summed E-state index contributed by atoms with van der Waals surface area (Å²) in [6, 6.07) is 7.11. The van der Waals surface area contributed by atoms with Gasteiger partial charge in [0.25, 0.3) is 5.91 Å². The van der Waals surface area contributed by atoms with E-state index in [-0.39, 0.29) is 23.2 Å². The summed E-state index contributed by atoms with van der Waals surface area (Å²) < 4.78 is 2.13. The summed E-state index contributed by atoms with van der Waals surface area (Å²) >= 11 is 0. The van der Waals surface area contributed by atoms with Crippen molar-refractivity contribution in [2.45, 2.75) is 57.7 Å². The number of carbonyl (C=O) groups is 2. The number of carbonyl (C=O) groups excluding carboxylic acids is 2. The number of rotatable bonds is 3. The highest BCUT2D eigenvalue weighted by atomic mass is 16.3. The van der Waals surface area contributed by atoms with E-state index in [0.717, 1.165) is 29.8 Å². The number of aliphatic hydroxyl groups excluding tert-OH is 1. The van der Waals surface area contributed by atoms with Crippen molar-refractivity contribution in [2.75, 3.05) is 25.0 Å². The van der Waals surface area contributed by atoms with E-state index in [1.165, 1.54) is 0 Å². The molecule has 3 aliphatic rings. The number of amides is 3. The van der Waals surface area contributed by atoms with Gasteiger partial charge in [-0.15, -0.1) is 10.2 Å². The maximum absolute atomic E-state index is 13.1. The van der Waals surface area contributed by atoms with E-state index in [0.29, 0.717) is 56.4 Å². The monoisotopic (exact) mass is 502 g/mol. The minimum Gasteiger partial charge on any atom is -0.391 e. The molecule has 192 valence electrons. The lowest BCUT2D eigenvalue weighted by Gasteiger charge is -2.32. The number of urea groups is 1. The molecular formula is C26H30N8O3. The van der Waals surface area contributed by atoms with Gasteiger partial charge in [-0.05, 0) is 62.4 Å². The summed E-state index contributed by atoms with van der Waals surface area (Å²) in [5.41, 5.74) is 2.76. The van der Waals surface area contributed by atoms with E-state index >= 15 is 0 Å². The van der Waals surface area contributed by atoms with Crippen molar-refractivity contribution in [2.24, 2.45) is 0 Å². The summed E-state index contributed by atoms with van der Waals surface area (Å²) in [6.07, 6.45) is 4.42. The van der Waals surface area contributed by atoms with Crippen LogP contribution in [0.1, 0.15) is 54.1 Å². The number of fused-ring (bicyclic) bond motifs is 2. The van der Waals surface area contributed by atoms with E-state index in [1.807, 2.05) is 12.1 Å². The number of aliphatic hydroxyl groups is 1. The Balaban J connectivity index is 1.18. The average Bonchev–Trinajstić information content (AvgIpc) is 3.60. The molecule has 3 aromatic rings. The molecule has 0 saturated carbocycles. The molecule has 0 aliphatic carbocycles. The Morgan fingerprint density at radius 3 is 2.78 bits per heavy atom. The Kier molecular flexibility index (Phi) is 5.67. The second kappa shape index (κ2) is 8.91. The zero-order valence-electron chi connectivity index (χ0n) is 21.0. The van der Waals surface area contributed by atoms with Crippen molar-refractivity contribution in [3.8, 4) is 11.5 Å². The van der Waals surface area contributed by atoms with Crippen LogP contribution in [-0.4, -0.2) is 77.3 Å². The van der Waals surface area contributed by atoms with Gasteiger partial charge >= 0.3 is 6.03 Å². The molecule has 3 aromatic heterocycles. The highest BCUT2D eigenvalue weighted by Crippen LogP contribution is 2.35. The molecule has 0 unspecified atom stereocenters. The molecule has 1 saturated heterocycles. The number of hydrogen-bond donors (Lipinski definition) is 2. The minimum atomic E-state index is -0.454. The van der Waals surface area contributed by atoms with Gasteiger partial charge in [-0.25, -0.2) is 9.78 Å². The van der Waals surface area contributed by atoms with Crippen LogP contribution in [0.15, 0.2) is 30.5 Å². The predicted molar refractivity (Wildman–Crippen MR) is 135 cm³/mol. The first-order valence-electron chi connectivity index (χ1n) is 12.7. The second-order valence-electron chi connectivity index (χ2n) is 10.6. The van der Waals surface area contributed by atoms with Gasteiger partial charge in [0, 0.05) is 44.3 Å². The van der Waals surface area contributed by atoms with Gasteiger partial charge in [0.05, 0.1) is 6.10 Å². The standard InChI is InChI=1S/C26H30N8O3/c1-26(2)9-6-22-30-31-23(34(22)26)19-4-3-5-21(28-19)29-24(36)20-12-17-14-32(10-7-16(17)13-27-20)25(37)33-11-8-18(35)15-33/h3-5,12-13,18,35H,6-11,14-15H2,1-2H3,(H,28,29,36)/t18-/m1/s1. The lowest BCUT2D eigenvalue weighted by molar-refractivity contribution is 0.102. The fourth-order valence-corrected chi connectivity index (χ4v) is 5.46. The van der Waals surface area contributed by atoms with Crippen LogP contribution in [-0.2, 0) is 24.9 Å². The van der Waals surface area contributed by atoms with Crippen LogP contribution in [0.4, 0.5) is 10.6 Å². The number of hydrogen-bond acceptors (Lipinski definition) is 7. The van der Waals surface area contributed by atoms with E-state index in [2.05, 4.69) is 43.9 Å². The van der Waals surface area contributed by atoms with Gasteiger partial charge in [-0.2, -0.15) is 0 Å². The molecular weight excluding hydrogens is 472 g/mol. The van der Waals surface area contributed by atoms with E-state index in [4.69, 9.17) is 0 Å². The zero-order valence-corrected chi connectivity index (χ0v) is 21.0. The molecule has 0 bridgehead atoms. The van der Waals surface area contributed by atoms with Gasteiger partial charge in [-0.3, -0.25) is 9.78 Å². The fourth-order valence-electron chi connectivity index (χ4n) is 5.46. The molecule has 0 aromatic carbocycles. The summed E-state index contributed by atoms with van der Waals surface area (Å²) in [6.45, 7) is 6.25. The fraction of sp³-hybridized carbons (Fsp3) is 0.462. The largest absolute Gasteiger partial charge is 0.391 e. The number of aromatic nitrogens is 5. The third-order valence-corrected chi connectivity index (χ3v) is 7.55. The normalized spacial score (nSPS) is 20.0. The average molecular weight is 503 g/mol. The molecule has 6 rings (SSSR count). The Morgan fingerprint density at radius 2 is 1.97 bits per heavy atom. The van der Waals surface area contributed by atoms with E-state index < -0.39 is 6.10 Å². The molecule has 0 radical (unpaired) electrons. The van der Waals surface area contributed by atoms with E-state index in [1.54, 1.807) is 28.1 Å². The Hall–Kier alpha value is -3.86. The van der Waals surface area contributed by atoms with Gasteiger partial charge in [-0.1, -0.05) is 6.07 Å². The first kappa shape index (κ1) is 23.5. The summed E-state index contributed by atoms with van der Waals surface area (Å²) in [5.74, 6) is 1.67. The Morgan fingerprint density at radius 1 is 1.11 bits per heavy atom. The number of likely N-dealkylation sites (tertiary alicyclic amines) is 1. The van der Waals surface area contributed by atoms with Gasteiger partial charge in [0.1, 0.15) is 23.0 Å². The van der Waals surface area contributed by atoms with Crippen molar-refractivity contribution >= 4 is 17.8 Å². The molecule has 37 heavy (non-hydrogen) atoms. The van der Waals surface area contributed by atoms with Crippen molar-refractivity contribution in [3.63, 3.8) is 0 Å². The lowest BCUT2D eigenvalue weighted by atomic mass is 10.0. The number of nitrogens with zero attached hydrogens (tertiary/aromatic N) is 7. The Bertz CT molecular complexity index is 1380. The molecule has 1 atom stereocenters. The van der Waals surface area contributed by atoms with Gasteiger partial charge in [0.2, 0.25) is 0 Å². The smallest absolute Gasteiger partial charge is 0.320 e. The third kappa shape index (κ3) is 4.33. The highest BCUT2D eigenvalue weighted by Gasteiger charge is 2.34. The molecule has 11 heteroatoms. The topological polar surface area (TPSA) is 129 Å². The van der Waals surface area contributed by atoms with Crippen LogP contribution in [0, 0.1) is 0 Å². The molecule has 6 heterocycles. The zero-order chi connectivity index (χ0) is 25.7. The maximum atomic E-state index is 13.1. The van der Waals surface area contributed by atoms with Crippen LogP contribution in [0.3, 0.4) is 0 Å². The van der Waals surface area contributed by atoms with Crippen LogP contribution < -0.4 is 5.32 Å². The number of β-amino-alcohol motifs (C(OH)–C–C–N with tert-alkyl or cyclic N) is 1. The molecule has 3 amide bonds. The highest BCUT2D eigenvalue weighted by molar-refractivity contribution is 6.02. The van der Waals surface area contributed by atoms with Crippen molar-refractivity contribution in [1.29, 1.82) is 0 Å². The van der Waals surface area contributed by atoms with Crippen LogP contribution in [0.5, 0.6) is 0 Å². The van der Waals surface area contributed by atoms with Crippen LogP contribution >= 0.6 is 0 Å². The number of anilines is 1. The third-order valence-electron chi connectivity index (χ3n) is 7.55. The van der Waals surface area contributed by atoms with Crippen LogP contribution in [0.2, 0.25) is 0 Å². The number of aryl methyl sites for hydroxylation is 1. The lowest BCUT2D eigenvalue weighted by Crippen LogP contribution is -2.44. The molecule has 1 fully saturated rings. The first-order valence-corrected chi connectivity index (χ1v) is 12.7. The molecule has 2 N–H and O–H groups in total. The maximum Gasteiger partial charge on any atom is 0.320 e. The van der Waals surface area contributed by atoms with Crippen molar-refractivity contribution in [3.05, 3.63) is 53.1 Å². The quantitative estimate of drug-likeness (QED) is 0.562. The molecule has 3 aliphatic heterocycles. The predicted octanol–water partition coefficient (Wildman–Crippen LogP) is 2.21. The second-order valence-corrected chi connectivity index (χ2v) is 10.6. The Labute approximate surface area is 214 Å². The van der Waals surface area contributed by atoms with Crippen molar-refractivity contribution in [1.82, 2.24) is 34.5 Å². The first-order chi connectivity index (χ1) is 17.8. The SMILES string of the molecule is CC1(C)CCc2nnc(-c3cccc(NC(=O)c4cc5c(cn4)CCN(C(=O)N4CC[C@@H](O)C4)C5)n3)n21. The number of nitrogens with one attached hydrogen (secondary N) is 1. The van der Waals surface area contributed by atoms with Crippen molar-refractivity contribution < 1.29 is 14.7 Å². The van der Waals surface area contributed by atoms with Crippen LogP contribution in [0.25, 0.3) is 11.5 Å². The van der Waals surface area contributed by atoms with Gasteiger partial charge in [0.15, 0.2) is 5.82 Å². The summed E-state index contributed by atoms with van der Waals surface area (Å²) in [5, 5.41) is 21.3.